The van der Waals surface area contributed by atoms with Crippen LogP contribution in [-0.2, 0) is 4.74 Å². The molecule has 2 aromatic rings. The molecule has 2 aromatic heterocycles. The number of carbonyl (C=O) groups is 1. The fourth-order valence-corrected chi connectivity index (χ4v) is 2.25. The molecule has 7 nitrogen and oxygen atoms in total. The van der Waals surface area contributed by atoms with Crippen molar-refractivity contribution in [3.8, 4) is 0 Å². The van der Waals surface area contributed by atoms with Crippen molar-refractivity contribution in [1.82, 2.24) is 20.0 Å². The smallest absolute Gasteiger partial charge is 0.362 e. The summed E-state index contributed by atoms with van der Waals surface area (Å²) in [6, 6.07) is 3.95. The van der Waals surface area contributed by atoms with Gasteiger partial charge in [0, 0.05) is 18.9 Å². The monoisotopic (exact) mass is 259 g/mol. The Labute approximate surface area is 109 Å². The molecular weight excluding hydrogens is 246 g/mol. The first-order valence-electron chi connectivity index (χ1n) is 5.98. The standard InChI is InChI=1S/C12H13N5O2/c1-19-12(18)10-11-14-7-4-9(17(11)16-15-10)8-2-5-13-6-3-8/h2-3,5-6,9,14H,4,7H2,1H3. The largest absolute Gasteiger partial charge is 0.464 e. The van der Waals surface area contributed by atoms with E-state index in [0.29, 0.717) is 5.82 Å². The Morgan fingerprint density at radius 2 is 2.26 bits per heavy atom. The minimum absolute atomic E-state index is 0.0603. The first-order valence-corrected chi connectivity index (χ1v) is 5.98. The molecule has 7 heteroatoms. The summed E-state index contributed by atoms with van der Waals surface area (Å²) in [6.07, 6.45) is 4.37. The van der Waals surface area contributed by atoms with Gasteiger partial charge >= 0.3 is 5.97 Å². The molecule has 1 aliphatic heterocycles. The second-order valence-electron chi connectivity index (χ2n) is 4.23. The van der Waals surface area contributed by atoms with Gasteiger partial charge in [-0.3, -0.25) is 4.98 Å². The van der Waals surface area contributed by atoms with E-state index in [9.17, 15) is 4.79 Å². The molecule has 0 aliphatic carbocycles. The van der Waals surface area contributed by atoms with Gasteiger partial charge in [-0.05, 0) is 24.1 Å². The van der Waals surface area contributed by atoms with Gasteiger partial charge in [0.1, 0.15) is 0 Å². The van der Waals surface area contributed by atoms with Crippen molar-refractivity contribution >= 4 is 11.8 Å². The first kappa shape index (κ1) is 11.6. The van der Waals surface area contributed by atoms with Gasteiger partial charge in [-0.15, -0.1) is 5.10 Å². The Bertz CT molecular complexity index is 595. The van der Waals surface area contributed by atoms with Gasteiger partial charge in [0.05, 0.1) is 13.2 Å². The maximum atomic E-state index is 11.6. The van der Waals surface area contributed by atoms with Crippen LogP contribution in [0.5, 0.6) is 0 Å². The second kappa shape index (κ2) is 4.68. The van der Waals surface area contributed by atoms with E-state index in [-0.39, 0.29) is 11.7 Å². The van der Waals surface area contributed by atoms with Crippen molar-refractivity contribution in [3.63, 3.8) is 0 Å². The minimum atomic E-state index is -0.482. The average molecular weight is 259 g/mol. The predicted octanol–water partition coefficient (Wildman–Crippen LogP) is 0.865. The van der Waals surface area contributed by atoms with E-state index in [1.54, 1.807) is 17.1 Å². The molecule has 19 heavy (non-hydrogen) atoms. The lowest BCUT2D eigenvalue weighted by molar-refractivity contribution is 0.0595. The molecule has 0 amide bonds. The Kier molecular flexibility index (Phi) is 2.86. The Balaban J connectivity index is 2.02. The number of ether oxygens (including phenoxy) is 1. The summed E-state index contributed by atoms with van der Waals surface area (Å²) in [5.74, 6) is 0.129. The van der Waals surface area contributed by atoms with Crippen molar-refractivity contribution in [1.29, 1.82) is 0 Å². The summed E-state index contributed by atoms with van der Waals surface area (Å²) in [6.45, 7) is 0.754. The number of methoxy groups -OCH3 is 1. The van der Waals surface area contributed by atoms with Crippen LogP contribution in [0.15, 0.2) is 24.5 Å². The Morgan fingerprint density at radius 3 is 3.00 bits per heavy atom. The molecule has 1 atom stereocenters. The Morgan fingerprint density at radius 1 is 1.47 bits per heavy atom. The van der Waals surface area contributed by atoms with Gasteiger partial charge in [0.2, 0.25) is 5.69 Å². The molecule has 3 rings (SSSR count). The second-order valence-corrected chi connectivity index (χ2v) is 4.23. The highest BCUT2D eigenvalue weighted by Gasteiger charge is 2.28. The molecule has 0 fully saturated rings. The minimum Gasteiger partial charge on any atom is -0.464 e. The van der Waals surface area contributed by atoms with Crippen LogP contribution in [0.1, 0.15) is 28.5 Å². The molecule has 3 heterocycles. The molecule has 1 aliphatic rings. The van der Waals surface area contributed by atoms with Crippen LogP contribution in [0.3, 0.4) is 0 Å². The number of esters is 1. The van der Waals surface area contributed by atoms with Crippen molar-refractivity contribution in [2.24, 2.45) is 0 Å². The number of pyridine rings is 1. The normalized spacial score (nSPS) is 17.4. The summed E-state index contributed by atoms with van der Waals surface area (Å²) in [4.78, 5) is 15.6. The number of nitrogens with zero attached hydrogens (tertiary/aromatic N) is 4. The third kappa shape index (κ3) is 1.92. The maximum Gasteiger partial charge on any atom is 0.362 e. The summed E-state index contributed by atoms with van der Waals surface area (Å²) in [7, 11) is 1.33. The summed E-state index contributed by atoms with van der Waals surface area (Å²) in [5, 5.41) is 11.1. The van der Waals surface area contributed by atoms with Gasteiger partial charge < -0.3 is 10.1 Å². The Hall–Kier alpha value is -2.44. The van der Waals surface area contributed by atoms with Crippen LogP contribution >= 0.6 is 0 Å². The summed E-state index contributed by atoms with van der Waals surface area (Å²) in [5.41, 5.74) is 1.32. The maximum absolute atomic E-state index is 11.6. The van der Waals surface area contributed by atoms with E-state index in [0.717, 1.165) is 18.5 Å². The van der Waals surface area contributed by atoms with Gasteiger partial charge in [-0.25, -0.2) is 9.48 Å². The fraction of sp³-hybridized carbons (Fsp3) is 0.333. The number of carbonyl (C=O) groups excluding carboxylic acids is 1. The van der Waals surface area contributed by atoms with Gasteiger partial charge in [-0.1, -0.05) is 5.21 Å². The predicted molar refractivity (Wildman–Crippen MR) is 66.8 cm³/mol. The van der Waals surface area contributed by atoms with Gasteiger partial charge in [-0.2, -0.15) is 0 Å². The number of hydrogen-bond acceptors (Lipinski definition) is 6. The lowest BCUT2D eigenvalue weighted by Gasteiger charge is -2.25. The number of hydrogen-bond donors (Lipinski definition) is 1. The third-order valence-corrected chi connectivity index (χ3v) is 3.17. The highest BCUT2D eigenvalue weighted by Crippen LogP contribution is 2.30. The van der Waals surface area contributed by atoms with E-state index in [1.165, 1.54) is 7.11 Å². The lowest BCUT2D eigenvalue weighted by atomic mass is 10.0. The molecule has 1 unspecified atom stereocenters. The van der Waals surface area contributed by atoms with Crippen LogP contribution in [0.25, 0.3) is 0 Å². The van der Waals surface area contributed by atoms with Gasteiger partial charge in [0.25, 0.3) is 0 Å². The SMILES string of the molecule is COC(=O)c1nnn2c1NCCC2c1ccncc1. The zero-order chi connectivity index (χ0) is 13.2. The summed E-state index contributed by atoms with van der Waals surface area (Å²) < 4.78 is 6.42. The van der Waals surface area contributed by atoms with E-state index in [2.05, 4.69) is 20.6 Å². The quantitative estimate of drug-likeness (QED) is 0.806. The third-order valence-electron chi connectivity index (χ3n) is 3.17. The molecule has 0 radical (unpaired) electrons. The zero-order valence-corrected chi connectivity index (χ0v) is 10.4. The molecule has 98 valence electrons. The van der Waals surface area contributed by atoms with Crippen molar-refractivity contribution < 1.29 is 9.53 Å². The molecule has 0 saturated carbocycles. The van der Waals surface area contributed by atoms with E-state index in [4.69, 9.17) is 4.74 Å². The van der Waals surface area contributed by atoms with Crippen LogP contribution in [-0.4, -0.2) is 39.6 Å². The molecule has 0 bridgehead atoms. The van der Waals surface area contributed by atoms with Crippen LogP contribution in [0.4, 0.5) is 5.82 Å². The van der Waals surface area contributed by atoms with E-state index >= 15 is 0 Å². The number of anilines is 1. The number of rotatable bonds is 2. The van der Waals surface area contributed by atoms with Crippen LogP contribution in [0.2, 0.25) is 0 Å². The highest BCUT2D eigenvalue weighted by molar-refractivity contribution is 5.92. The lowest BCUT2D eigenvalue weighted by Crippen LogP contribution is -2.25. The molecule has 0 saturated heterocycles. The average Bonchev–Trinajstić information content (AvgIpc) is 2.91. The molecular formula is C12H13N5O2. The van der Waals surface area contributed by atoms with Crippen molar-refractivity contribution in [3.05, 3.63) is 35.8 Å². The molecule has 0 aromatic carbocycles. The van der Waals surface area contributed by atoms with Crippen molar-refractivity contribution in [2.75, 3.05) is 19.0 Å². The topological polar surface area (TPSA) is 81.9 Å². The molecule has 0 spiro atoms. The van der Waals surface area contributed by atoms with E-state index in [1.807, 2.05) is 12.1 Å². The summed E-state index contributed by atoms with van der Waals surface area (Å²) >= 11 is 0. The van der Waals surface area contributed by atoms with Crippen LogP contribution < -0.4 is 5.32 Å². The number of fused-ring (bicyclic) bond motifs is 1. The number of aromatic nitrogens is 4. The zero-order valence-electron chi connectivity index (χ0n) is 10.4. The first-order chi connectivity index (χ1) is 9.31. The number of nitrogens with one attached hydrogen (secondary N) is 1. The van der Waals surface area contributed by atoms with E-state index < -0.39 is 5.97 Å². The van der Waals surface area contributed by atoms with Crippen LogP contribution in [0, 0.1) is 0 Å². The highest BCUT2D eigenvalue weighted by atomic mass is 16.5. The van der Waals surface area contributed by atoms with Crippen molar-refractivity contribution in [2.45, 2.75) is 12.5 Å². The molecule has 1 N–H and O–H groups in total. The van der Waals surface area contributed by atoms with Gasteiger partial charge in [0.15, 0.2) is 5.82 Å². The fourth-order valence-electron chi connectivity index (χ4n) is 2.25.